The van der Waals surface area contributed by atoms with Gasteiger partial charge in [-0.25, -0.2) is 4.79 Å². The van der Waals surface area contributed by atoms with Gasteiger partial charge in [0.15, 0.2) is 0 Å². The molecule has 0 rings (SSSR count). The zero-order chi connectivity index (χ0) is 7.98. The normalized spacial score (nSPS) is 8.60. The van der Waals surface area contributed by atoms with Gasteiger partial charge in [-0.3, -0.25) is 4.79 Å². The molecule has 0 bridgehead atoms. The van der Waals surface area contributed by atoms with E-state index in [0.717, 1.165) is 11.8 Å². The Morgan fingerprint density at radius 1 is 1.40 bits per heavy atom. The van der Waals surface area contributed by atoms with Crippen LogP contribution in [0.2, 0.25) is 0 Å². The van der Waals surface area contributed by atoms with E-state index in [0.29, 0.717) is 0 Å². The fourth-order valence-corrected chi connectivity index (χ4v) is 0.385. The molecule has 0 aliphatic rings. The molecule has 0 atom stereocenters. The average Bonchev–Trinajstić information content (AvgIpc) is 1.87. The molecule has 0 radical (unpaired) electrons. The van der Waals surface area contributed by atoms with Crippen molar-refractivity contribution in [2.24, 2.45) is 0 Å². The Kier molecular flexibility index (Phi) is 4.74. The Labute approximate surface area is 62.9 Å². The van der Waals surface area contributed by atoms with Crippen LogP contribution in [0, 0.1) is 0 Å². The van der Waals surface area contributed by atoms with Crippen LogP contribution in [-0.4, -0.2) is 24.3 Å². The summed E-state index contributed by atoms with van der Waals surface area (Å²) in [5.74, 6) is -0.464. The van der Waals surface area contributed by atoms with Crippen LogP contribution in [-0.2, 0) is 14.3 Å². The van der Waals surface area contributed by atoms with Gasteiger partial charge in [0.1, 0.15) is 0 Å². The first-order valence-corrected chi connectivity index (χ1v) is 3.73. The molecular formula is C5H8O4S. The Bertz CT molecular complexity index is 134. The zero-order valence-corrected chi connectivity index (χ0v) is 6.56. The summed E-state index contributed by atoms with van der Waals surface area (Å²) < 4.78 is 8.70. The number of esters is 1. The molecule has 0 amide bonds. The molecule has 0 spiro atoms. The number of hydrogen-bond donors (Lipinski definition) is 0. The molecule has 58 valence electrons. The third kappa shape index (κ3) is 5.43. The van der Waals surface area contributed by atoms with E-state index in [9.17, 15) is 9.59 Å². The second-order valence-electron chi connectivity index (χ2n) is 1.35. The lowest BCUT2D eigenvalue weighted by Crippen LogP contribution is -2.06. The van der Waals surface area contributed by atoms with Gasteiger partial charge in [-0.1, -0.05) is 0 Å². The van der Waals surface area contributed by atoms with Gasteiger partial charge in [0, 0.05) is 6.92 Å². The SMILES string of the molecule is CSC(=O)OCOC(C)=O. The third-order valence-electron chi connectivity index (χ3n) is 0.606. The second-order valence-corrected chi connectivity index (χ2v) is 2.09. The van der Waals surface area contributed by atoms with E-state index in [4.69, 9.17) is 0 Å². The van der Waals surface area contributed by atoms with Crippen LogP contribution in [0.4, 0.5) is 4.79 Å². The van der Waals surface area contributed by atoms with Gasteiger partial charge < -0.3 is 9.47 Å². The summed E-state index contributed by atoms with van der Waals surface area (Å²) >= 11 is 0.924. The number of hydrogen-bond acceptors (Lipinski definition) is 5. The highest BCUT2D eigenvalue weighted by atomic mass is 32.2. The van der Waals surface area contributed by atoms with Crippen LogP contribution in [0.25, 0.3) is 0 Å². The molecule has 0 saturated carbocycles. The highest BCUT2D eigenvalue weighted by Crippen LogP contribution is 1.97. The lowest BCUT2D eigenvalue weighted by Gasteiger charge is -2.00. The van der Waals surface area contributed by atoms with Crippen LogP contribution in [0.1, 0.15) is 6.92 Å². The molecule has 0 aromatic heterocycles. The van der Waals surface area contributed by atoms with Gasteiger partial charge in [0.25, 0.3) is 0 Å². The van der Waals surface area contributed by atoms with Gasteiger partial charge in [-0.15, -0.1) is 0 Å². The maximum atomic E-state index is 10.3. The molecule has 0 fully saturated rings. The predicted molar refractivity (Wildman–Crippen MR) is 36.6 cm³/mol. The summed E-state index contributed by atoms with van der Waals surface area (Å²) in [6.07, 6.45) is 1.58. The lowest BCUT2D eigenvalue weighted by atomic mass is 10.8. The smallest absolute Gasteiger partial charge is 0.369 e. The molecule has 4 nitrogen and oxygen atoms in total. The minimum atomic E-state index is -0.464. The van der Waals surface area contributed by atoms with E-state index >= 15 is 0 Å². The Hall–Kier alpha value is -0.710. The molecule has 0 aromatic rings. The number of thioether (sulfide) groups is 1. The molecule has 0 heterocycles. The molecule has 5 heteroatoms. The molecule has 0 aliphatic heterocycles. The van der Waals surface area contributed by atoms with Gasteiger partial charge >= 0.3 is 11.3 Å². The van der Waals surface area contributed by atoms with Crippen molar-refractivity contribution in [3.8, 4) is 0 Å². The maximum Gasteiger partial charge on any atom is 0.369 e. The van der Waals surface area contributed by atoms with Gasteiger partial charge in [0.05, 0.1) is 0 Å². The molecule has 0 aliphatic carbocycles. The first-order chi connectivity index (χ1) is 4.66. The van der Waals surface area contributed by atoms with E-state index in [1.54, 1.807) is 6.26 Å². The van der Waals surface area contributed by atoms with Crippen molar-refractivity contribution in [2.75, 3.05) is 13.0 Å². The highest BCUT2D eigenvalue weighted by Gasteiger charge is 1.98. The topological polar surface area (TPSA) is 52.6 Å². The fraction of sp³-hybridized carbons (Fsp3) is 0.600. The second kappa shape index (κ2) is 5.10. The number of carbonyl (C=O) groups is 2. The van der Waals surface area contributed by atoms with E-state index in [-0.39, 0.29) is 6.79 Å². The van der Waals surface area contributed by atoms with Crippen molar-refractivity contribution >= 4 is 23.0 Å². The van der Waals surface area contributed by atoms with E-state index in [1.807, 2.05) is 0 Å². The quantitative estimate of drug-likeness (QED) is 0.450. The first kappa shape index (κ1) is 9.29. The Morgan fingerprint density at radius 3 is 2.40 bits per heavy atom. The first-order valence-electron chi connectivity index (χ1n) is 2.51. The van der Waals surface area contributed by atoms with Crippen LogP contribution in [0.5, 0.6) is 0 Å². The van der Waals surface area contributed by atoms with E-state index < -0.39 is 11.3 Å². The Morgan fingerprint density at radius 2 is 2.00 bits per heavy atom. The molecular weight excluding hydrogens is 156 g/mol. The summed E-state index contributed by atoms with van der Waals surface area (Å²) in [4.78, 5) is 20.4. The summed E-state index contributed by atoms with van der Waals surface area (Å²) in [6, 6.07) is 0. The lowest BCUT2D eigenvalue weighted by molar-refractivity contribution is -0.148. The van der Waals surface area contributed by atoms with Crippen molar-refractivity contribution in [3.05, 3.63) is 0 Å². The molecule has 0 saturated heterocycles. The van der Waals surface area contributed by atoms with Crippen LogP contribution >= 0.6 is 11.8 Å². The van der Waals surface area contributed by atoms with Gasteiger partial charge in [0.2, 0.25) is 6.79 Å². The van der Waals surface area contributed by atoms with E-state index in [2.05, 4.69) is 9.47 Å². The highest BCUT2D eigenvalue weighted by molar-refractivity contribution is 8.12. The molecule has 0 N–H and O–H groups in total. The fourth-order valence-electron chi connectivity index (χ4n) is 0.219. The van der Waals surface area contributed by atoms with Crippen molar-refractivity contribution in [1.29, 1.82) is 0 Å². The van der Waals surface area contributed by atoms with Crippen molar-refractivity contribution < 1.29 is 19.1 Å². The summed E-state index contributed by atoms with van der Waals surface area (Å²) in [5, 5.41) is -0.457. The molecule has 0 aromatic carbocycles. The van der Waals surface area contributed by atoms with Crippen molar-refractivity contribution in [1.82, 2.24) is 0 Å². The Balaban J connectivity index is 3.20. The minimum Gasteiger partial charge on any atom is -0.428 e. The average molecular weight is 164 g/mol. The summed E-state index contributed by atoms with van der Waals surface area (Å²) in [6.45, 7) is 0.946. The van der Waals surface area contributed by atoms with Gasteiger partial charge in [-0.05, 0) is 18.0 Å². The predicted octanol–water partition coefficient (Wildman–Crippen LogP) is 1.01. The summed E-state index contributed by atoms with van der Waals surface area (Å²) in [7, 11) is 0. The van der Waals surface area contributed by atoms with Gasteiger partial charge in [-0.2, -0.15) is 0 Å². The summed E-state index contributed by atoms with van der Waals surface area (Å²) in [5.41, 5.74) is 0. The number of rotatable bonds is 2. The van der Waals surface area contributed by atoms with Crippen LogP contribution < -0.4 is 0 Å². The number of ether oxygens (including phenoxy) is 2. The van der Waals surface area contributed by atoms with E-state index in [1.165, 1.54) is 6.92 Å². The zero-order valence-electron chi connectivity index (χ0n) is 5.75. The third-order valence-corrected chi connectivity index (χ3v) is 1.06. The van der Waals surface area contributed by atoms with Crippen LogP contribution in [0.3, 0.4) is 0 Å². The van der Waals surface area contributed by atoms with Crippen LogP contribution in [0.15, 0.2) is 0 Å². The molecule has 0 unspecified atom stereocenters. The monoisotopic (exact) mass is 164 g/mol. The minimum absolute atomic E-state index is 0.297. The van der Waals surface area contributed by atoms with Crippen molar-refractivity contribution in [2.45, 2.75) is 6.92 Å². The van der Waals surface area contributed by atoms with Crippen molar-refractivity contribution in [3.63, 3.8) is 0 Å². The largest absolute Gasteiger partial charge is 0.428 e. The number of carbonyl (C=O) groups excluding carboxylic acids is 2. The maximum absolute atomic E-state index is 10.3. The standard InChI is InChI=1S/C5H8O4S/c1-4(6)8-3-9-5(7)10-2/h3H2,1-2H3. The molecule has 10 heavy (non-hydrogen) atoms.